The summed E-state index contributed by atoms with van der Waals surface area (Å²) < 4.78 is 5.96. The van der Waals surface area contributed by atoms with Crippen LogP contribution in [0.1, 0.15) is 23.1 Å². The fourth-order valence-corrected chi connectivity index (χ4v) is 2.65. The summed E-state index contributed by atoms with van der Waals surface area (Å²) >= 11 is 0. The maximum absolute atomic E-state index is 5.96. The summed E-state index contributed by atoms with van der Waals surface area (Å²) in [6.07, 6.45) is 3.34. The van der Waals surface area contributed by atoms with Crippen molar-refractivity contribution in [1.82, 2.24) is 4.90 Å². The summed E-state index contributed by atoms with van der Waals surface area (Å²) in [7, 11) is 4.20. The van der Waals surface area contributed by atoms with Crippen LogP contribution in [-0.2, 0) is 39.3 Å². The van der Waals surface area contributed by atoms with Crippen molar-refractivity contribution in [3.8, 4) is 5.75 Å². The quantitative estimate of drug-likeness (QED) is 0.738. The van der Waals surface area contributed by atoms with Crippen molar-refractivity contribution in [3.63, 3.8) is 0 Å². The molecule has 23 heavy (non-hydrogen) atoms. The number of benzene rings is 2. The first kappa shape index (κ1) is 20.1. The molecule has 0 aromatic heterocycles. The molecule has 0 unspecified atom stereocenters. The Labute approximate surface area is 165 Å². The fourth-order valence-electron chi connectivity index (χ4n) is 2.65. The van der Waals surface area contributed by atoms with Gasteiger partial charge in [-0.1, -0.05) is 41.5 Å². The molecule has 0 atom stereocenters. The van der Waals surface area contributed by atoms with Crippen LogP contribution in [0.3, 0.4) is 0 Å². The minimum Gasteiger partial charge on any atom is -0.514 e. The molecule has 2 aromatic carbocycles. The van der Waals surface area contributed by atoms with Crippen molar-refractivity contribution in [2.24, 2.45) is 0 Å². The third-order valence-corrected chi connectivity index (χ3v) is 3.73. The summed E-state index contributed by atoms with van der Waals surface area (Å²) in [5.74, 6) is 0.945. The van der Waals surface area contributed by atoms with E-state index in [0.717, 1.165) is 24.3 Å². The Kier molecular flexibility index (Phi) is 8.18. The molecule has 2 nitrogen and oxygen atoms in total. The molecule has 0 fully saturated rings. The Morgan fingerprint density at radius 3 is 2.74 bits per heavy atom. The zero-order valence-electron chi connectivity index (χ0n) is 14.2. The summed E-state index contributed by atoms with van der Waals surface area (Å²) in [4.78, 5) is 2.20. The maximum Gasteiger partial charge on any atom is 0.111 e. The van der Waals surface area contributed by atoms with Gasteiger partial charge in [0.25, 0.3) is 0 Å². The summed E-state index contributed by atoms with van der Waals surface area (Å²) in [6.45, 7) is 1.66. The van der Waals surface area contributed by atoms with Crippen LogP contribution in [0, 0.1) is 13.5 Å². The monoisotopic (exact) mass is 382 g/mol. The Morgan fingerprint density at radius 1 is 1.17 bits per heavy atom. The third-order valence-electron chi connectivity index (χ3n) is 3.73. The zero-order valence-corrected chi connectivity index (χ0v) is 17.0. The van der Waals surface area contributed by atoms with E-state index in [4.69, 9.17) is 4.74 Å². The van der Waals surface area contributed by atoms with Crippen molar-refractivity contribution in [1.29, 1.82) is 0 Å². The van der Waals surface area contributed by atoms with E-state index in [1.807, 2.05) is 18.2 Å². The first-order valence-electron chi connectivity index (χ1n) is 7.32. The molecule has 0 aliphatic carbocycles. The number of rotatable bonds is 3. The van der Waals surface area contributed by atoms with E-state index in [-0.39, 0.29) is 40.1 Å². The molecule has 0 amide bonds. The molecule has 0 saturated heterocycles. The van der Waals surface area contributed by atoms with Crippen molar-refractivity contribution in [2.75, 3.05) is 20.6 Å². The predicted octanol–water partition coefficient (Wildman–Crippen LogP) is 4.21. The Bertz CT molecular complexity index is 615. The largest absolute Gasteiger partial charge is 0.514 e. The molecule has 119 valence electrons. The normalized spacial score (nSPS) is 14.0. The number of fused-ring (bicyclic) bond motifs is 2. The number of hydrogen-bond acceptors (Lipinski definition) is 2. The zero-order chi connectivity index (χ0) is 14.7. The van der Waals surface area contributed by atoms with E-state index in [2.05, 4.69) is 55.4 Å². The second-order valence-corrected chi connectivity index (χ2v) is 5.58. The van der Waals surface area contributed by atoms with E-state index in [0.29, 0.717) is 6.61 Å². The minimum atomic E-state index is 0. The van der Waals surface area contributed by atoms with Crippen LogP contribution in [-0.4, -0.2) is 25.5 Å². The molecule has 1 aliphatic rings. The SMILES string of the molecule is CN(C)CC/C=C1/c2ccccc2COc2cc[c-]cc21.[CH3-].[Y]. The number of hydrogen-bond donors (Lipinski definition) is 0. The van der Waals surface area contributed by atoms with Crippen molar-refractivity contribution in [3.05, 3.63) is 78.7 Å². The molecule has 0 bridgehead atoms. The van der Waals surface area contributed by atoms with Gasteiger partial charge in [0.1, 0.15) is 6.61 Å². The van der Waals surface area contributed by atoms with Crippen molar-refractivity contribution in [2.45, 2.75) is 13.0 Å². The molecular weight excluding hydrogens is 359 g/mol. The second-order valence-electron chi connectivity index (χ2n) is 5.58. The summed E-state index contributed by atoms with van der Waals surface area (Å²) in [5, 5.41) is 0. The van der Waals surface area contributed by atoms with Gasteiger partial charge in [0.15, 0.2) is 0 Å². The smallest absolute Gasteiger partial charge is 0.111 e. The molecule has 3 heteroatoms. The van der Waals surface area contributed by atoms with Gasteiger partial charge in [-0.3, -0.25) is 0 Å². The van der Waals surface area contributed by atoms with Gasteiger partial charge in [-0.2, -0.15) is 18.2 Å². The molecule has 0 saturated carbocycles. The minimum absolute atomic E-state index is 0. The fraction of sp³-hybridized carbons (Fsp3) is 0.250. The predicted molar refractivity (Wildman–Crippen MR) is 92.7 cm³/mol. The van der Waals surface area contributed by atoms with Crippen LogP contribution in [0.4, 0.5) is 0 Å². The van der Waals surface area contributed by atoms with E-state index in [9.17, 15) is 0 Å². The van der Waals surface area contributed by atoms with Gasteiger partial charge in [0, 0.05) is 45.0 Å². The van der Waals surface area contributed by atoms with E-state index in [1.54, 1.807) is 0 Å². The average Bonchev–Trinajstić information content (AvgIpc) is 2.65. The van der Waals surface area contributed by atoms with Crippen molar-refractivity contribution >= 4 is 5.57 Å². The molecule has 2 aromatic rings. The van der Waals surface area contributed by atoms with Crippen LogP contribution in [0.25, 0.3) is 5.57 Å². The molecule has 1 aliphatic heterocycles. The molecule has 0 N–H and O–H groups in total. The summed E-state index contributed by atoms with van der Waals surface area (Å²) in [6, 6.07) is 17.6. The Hall–Kier alpha value is -0.956. The van der Waals surface area contributed by atoms with E-state index in [1.165, 1.54) is 16.7 Å². The van der Waals surface area contributed by atoms with Crippen LogP contribution < -0.4 is 4.74 Å². The third kappa shape index (κ3) is 4.76. The standard InChI is InChI=1S/C19H20NO.CH3.Y/c1-20(2)13-7-11-17-16-9-4-3-8-15(16)14-21-19-12-6-5-10-18(17)19;;/h3-4,6,8-12H,7,13-14H2,1-2H3;1H3;/q2*-1;/b17-11-;;. The van der Waals surface area contributed by atoms with Gasteiger partial charge < -0.3 is 17.1 Å². The van der Waals surface area contributed by atoms with Crippen LogP contribution >= 0.6 is 0 Å². The van der Waals surface area contributed by atoms with Crippen molar-refractivity contribution < 1.29 is 37.4 Å². The molecule has 1 heterocycles. The topological polar surface area (TPSA) is 12.5 Å². The Morgan fingerprint density at radius 2 is 1.96 bits per heavy atom. The van der Waals surface area contributed by atoms with E-state index < -0.39 is 0 Å². The van der Waals surface area contributed by atoms with Gasteiger partial charge in [0.2, 0.25) is 0 Å². The number of nitrogens with zero attached hydrogens (tertiary/aromatic N) is 1. The van der Waals surface area contributed by atoms with Crippen LogP contribution in [0.5, 0.6) is 5.75 Å². The second kappa shape index (κ2) is 9.37. The Balaban J connectivity index is 0.00000132. The van der Waals surface area contributed by atoms with E-state index >= 15 is 0 Å². The summed E-state index contributed by atoms with van der Waals surface area (Å²) in [5.41, 5.74) is 4.91. The van der Waals surface area contributed by atoms with Gasteiger partial charge in [-0.15, -0.1) is 6.07 Å². The van der Waals surface area contributed by atoms with Gasteiger partial charge >= 0.3 is 0 Å². The molecule has 3 rings (SSSR count). The van der Waals surface area contributed by atoms with Crippen LogP contribution in [0.15, 0.2) is 48.5 Å². The molecule has 1 radical (unpaired) electrons. The van der Waals surface area contributed by atoms with Gasteiger partial charge in [0.05, 0.1) is 0 Å². The molecule has 0 spiro atoms. The average molecular weight is 382 g/mol. The van der Waals surface area contributed by atoms with Gasteiger partial charge in [-0.25, -0.2) is 0 Å². The van der Waals surface area contributed by atoms with Gasteiger partial charge in [-0.05, 0) is 31.6 Å². The first-order chi connectivity index (χ1) is 10.3. The maximum atomic E-state index is 5.96. The first-order valence-corrected chi connectivity index (χ1v) is 7.32. The van der Waals surface area contributed by atoms with Crippen LogP contribution in [0.2, 0.25) is 0 Å². The number of ether oxygens (including phenoxy) is 1. The molecular formula is C20H23NOY-2.